The predicted molar refractivity (Wildman–Crippen MR) is 98.2 cm³/mol. The van der Waals surface area contributed by atoms with E-state index in [9.17, 15) is 9.59 Å². The summed E-state index contributed by atoms with van der Waals surface area (Å²) in [5.41, 5.74) is 0.995. The summed E-state index contributed by atoms with van der Waals surface area (Å²) in [5.74, 6) is 0.135. The summed E-state index contributed by atoms with van der Waals surface area (Å²) in [5, 5.41) is 2.86. The van der Waals surface area contributed by atoms with Gasteiger partial charge in [0.15, 0.2) is 0 Å². The number of benzene rings is 1. The number of piperazine rings is 1. The SMILES string of the molecule is O=C(Cc1ccccc1)NCCC(=O)N1CCN(C2CCCC2)CC1. The minimum atomic E-state index is -0.0231. The maximum atomic E-state index is 12.3. The number of nitrogens with zero attached hydrogens (tertiary/aromatic N) is 2. The van der Waals surface area contributed by atoms with Crippen molar-refractivity contribution < 1.29 is 9.59 Å². The van der Waals surface area contributed by atoms with E-state index >= 15 is 0 Å². The van der Waals surface area contributed by atoms with Crippen LogP contribution in [0, 0.1) is 0 Å². The first-order valence-corrected chi connectivity index (χ1v) is 9.55. The quantitative estimate of drug-likeness (QED) is 0.857. The summed E-state index contributed by atoms with van der Waals surface area (Å²) in [6.07, 6.45) is 6.11. The molecule has 0 spiro atoms. The lowest BCUT2D eigenvalue weighted by Gasteiger charge is -2.38. The Hall–Kier alpha value is -1.88. The largest absolute Gasteiger partial charge is 0.355 e. The Kier molecular flexibility index (Phi) is 6.45. The number of amides is 2. The molecule has 136 valence electrons. The van der Waals surface area contributed by atoms with Crippen molar-refractivity contribution in [1.82, 2.24) is 15.1 Å². The van der Waals surface area contributed by atoms with Crippen LogP contribution in [-0.2, 0) is 16.0 Å². The zero-order valence-electron chi connectivity index (χ0n) is 15.0. The average molecular weight is 343 g/mol. The van der Waals surface area contributed by atoms with Crippen molar-refractivity contribution in [2.75, 3.05) is 32.7 Å². The first-order chi connectivity index (χ1) is 12.2. The van der Waals surface area contributed by atoms with Gasteiger partial charge in [-0.25, -0.2) is 0 Å². The monoisotopic (exact) mass is 343 g/mol. The topological polar surface area (TPSA) is 52.7 Å². The lowest BCUT2D eigenvalue weighted by molar-refractivity contribution is -0.133. The molecule has 0 unspecified atom stereocenters. The molecule has 2 aliphatic rings. The normalized spacial score (nSPS) is 19.1. The highest BCUT2D eigenvalue weighted by Crippen LogP contribution is 2.24. The summed E-state index contributed by atoms with van der Waals surface area (Å²) in [6, 6.07) is 10.4. The molecule has 1 aliphatic heterocycles. The van der Waals surface area contributed by atoms with Gasteiger partial charge in [0.1, 0.15) is 0 Å². The molecule has 1 N–H and O–H groups in total. The Morgan fingerprint density at radius 1 is 1.00 bits per heavy atom. The molecule has 1 aliphatic carbocycles. The Morgan fingerprint density at radius 3 is 2.36 bits per heavy atom. The fourth-order valence-corrected chi connectivity index (χ4v) is 3.92. The highest BCUT2D eigenvalue weighted by molar-refractivity contribution is 5.80. The summed E-state index contributed by atoms with van der Waals surface area (Å²) in [7, 11) is 0. The molecule has 1 aromatic carbocycles. The molecule has 0 aromatic heterocycles. The maximum Gasteiger partial charge on any atom is 0.224 e. The minimum Gasteiger partial charge on any atom is -0.355 e. The maximum absolute atomic E-state index is 12.3. The number of hydrogen-bond donors (Lipinski definition) is 1. The number of carbonyl (C=O) groups excluding carboxylic acids is 2. The summed E-state index contributed by atoms with van der Waals surface area (Å²) >= 11 is 0. The van der Waals surface area contributed by atoms with Crippen molar-refractivity contribution >= 4 is 11.8 Å². The Balaban J connectivity index is 1.32. The fourth-order valence-electron chi connectivity index (χ4n) is 3.92. The van der Waals surface area contributed by atoms with E-state index in [1.54, 1.807) is 0 Å². The molecule has 0 radical (unpaired) electrons. The Labute approximate surface area is 150 Å². The van der Waals surface area contributed by atoms with Crippen LogP contribution in [0.25, 0.3) is 0 Å². The van der Waals surface area contributed by atoms with Gasteiger partial charge in [-0.2, -0.15) is 0 Å². The lowest BCUT2D eigenvalue weighted by atomic mass is 10.1. The van der Waals surface area contributed by atoms with E-state index in [0.717, 1.165) is 37.8 Å². The number of carbonyl (C=O) groups is 2. The molecule has 3 rings (SSSR count). The summed E-state index contributed by atoms with van der Waals surface area (Å²) < 4.78 is 0. The van der Waals surface area contributed by atoms with Gasteiger partial charge in [0.25, 0.3) is 0 Å². The van der Waals surface area contributed by atoms with Crippen LogP contribution < -0.4 is 5.32 Å². The van der Waals surface area contributed by atoms with Crippen LogP contribution >= 0.6 is 0 Å². The van der Waals surface area contributed by atoms with Crippen LogP contribution in [0.2, 0.25) is 0 Å². The molecule has 1 aromatic rings. The van der Waals surface area contributed by atoms with Gasteiger partial charge in [0, 0.05) is 45.2 Å². The van der Waals surface area contributed by atoms with Crippen LogP contribution in [0.15, 0.2) is 30.3 Å². The molecular weight excluding hydrogens is 314 g/mol. The number of hydrogen-bond acceptors (Lipinski definition) is 3. The molecule has 0 atom stereocenters. The lowest BCUT2D eigenvalue weighted by Crippen LogP contribution is -2.51. The third-order valence-corrected chi connectivity index (χ3v) is 5.38. The van der Waals surface area contributed by atoms with Gasteiger partial charge in [-0.15, -0.1) is 0 Å². The second-order valence-corrected chi connectivity index (χ2v) is 7.12. The zero-order valence-corrected chi connectivity index (χ0v) is 15.0. The van der Waals surface area contributed by atoms with Gasteiger partial charge in [-0.1, -0.05) is 43.2 Å². The first kappa shape index (κ1) is 17.9. The van der Waals surface area contributed by atoms with Crippen molar-refractivity contribution in [1.29, 1.82) is 0 Å². The van der Waals surface area contributed by atoms with Gasteiger partial charge in [-0.05, 0) is 18.4 Å². The zero-order chi connectivity index (χ0) is 17.5. The van der Waals surface area contributed by atoms with E-state index in [0.29, 0.717) is 19.4 Å². The van der Waals surface area contributed by atoms with Crippen LogP contribution in [0.5, 0.6) is 0 Å². The highest BCUT2D eigenvalue weighted by atomic mass is 16.2. The molecule has 25 heavy (non-hydrogen) atoms. The van der Waals surface area contributed by atoms with Crippen molar-refractivity contribution in [3.8, 4) is 0 Å². The molecule has 2 fully saturated rings. The van der Waals surface area contributed by atoms with Gasteiger partial charge in [0.05, 0.1) is 6.42 Å². The smallest absolute Gasteiger partial charge is 0.224 e. The second kappa shape index (κ2) is 8.99. The van der Waals surface area contributed by atoms with Crippen LogP contribution in [0.3, 0.4) is 0 Å². The van der Waals surface area contributed by atoms with Crippen LogP contribution in [-0.4, -0.2) is 60.4 Å². The third kappa shape index (κ3) is 5.30. The highest BCUT2D eigenvalue weighted by Gasteiger charge is 2.27. The van der Waals surface area contributed by atoms with Crippen LogP contribution in [0.1, 0.15) is 37.7 Å². The number of nitrogens with one attached hydrogen (secondary N) is 1. The van der Waals surface area contributed by atoms with Crippen molar-refractivity contribution in [2.24, 2.45) is 0 Å². The van der Waals surface area contributed by atoms with Gasteiger partial charge in [0.2, 0.25) is 11.8 Å². The molecule has 1 saturated heterocycles. The van der Waals surface area contributed by atoms with E-state index in [2.05, 4.69) is 10.2 Å². The number of rotatable bonds is 6. The van der Waals surface area contributed by atoms with E-state index in [4.69, 9.17) is 0 Å². The molecular formula is C20H29N3O2. The molecule has 1 heterocycles. The molecule has 5 nitrogen and oxygen atoms in total. The van der Waals surface area contributed by atoms with Gasteiger partial charge in [-0.3, -0.25) is 14.5 Å². The molecule has 5 heteroatoms. The van der Waals surface area contributed by atoms with E-state index in [1.165, 1.54) is 25.7 Å². The van der Waals surface area contributed by atoms with E-state index in [-0.39, 0.29) is 11.8 Å². The van der Waals surface area contributed by atoms with Crippen LogP contribution in [0.4, 0.5) is 0 Å². The van der Waals surface area contributed by atoms with Gasteiger partial charge < -0.3 is 10.2 Å². The van der Waals surface area contributed by atoms with Crippen molar-refractivity contribution in [3.63, 3.8) is 0 Å². The first-order valence-electron chi connectivity index (χ1n) is 9.55. The second-order valence-electron chi connectivity index (χ2n) is 7.12. The average Bonchev–Trinajstić information content (AvgIpc) is 3.17. The molecule has 0 bridgehead atoms. The Bertz CT molecular complexity index is 562. The molecule has 2 amide bonds. The minimum absolute atomic E-state index is 0.0231. The Morgan fingerprint density at radius 2 is 1.68 bits per heavy atom. The van der Waals surface area contributed by atoms with E-state index in [1.807, 2.05) is 35.2 Å². The predicted octanol–water partition coefficient (Wildman–Crippen LogP) is 1.82. The summed E-state index contributed by atoms with van der Waals surface area (Å²) in [6.45, 7) is 4.07. The van der Waals surface area contributed by atoms with Gasteiger partial charge >= 0.3 is 0 Å². The fraction of sp³-hybridized carbons (Fsp3) is 0.600. The standard InChI is InChI=1S/C20H29N3O2/c24-19(16-17-6-2-1-3-7-17)21-11-10-20(25)23-14-12-22(13-15-23)18-8-4-5-9-18/h1-3,6-7,18H,4-5,8-16H2,(H,21,24). The molecule has 1 saturated carbocycles. The van der Waals surface area contributed by atoms with Crippen molar-refractivity contribution in [3.05, 3.63) is 35.9 Å². The summed E-state index contributed by atoms with van der Waals surface area (Å²) in [4.78, 5) is 28.7. The van der Waals surface area contributed by atoms with E-state index < -0.39 is 0 Å². The van der Waals surface area contributed by atoms with Crippen molar-refractivity contribution in [2.45, 2.75) is 44.6 Å². The third-order valence-electron chi connectivity index (χ3n) is 5.38.